The second-order valence-electron chi connectivity index (χ2n) is 3.98. The smallest absolute Gasteiger partial charge is 0.251 e. The van der Waals surface area contributed by atoms with Gasteiger partial charge in [-0.25, -0.2) is 0 Å². The summed E-state index contributed by atoms with van der Waals surface area (Å²) < 4.78 is 0. The number of aromatic amines is 1. The molecule has 0 bridgehead atoms. The molecular formula is C13H16N2O. The summed E-state index contributed by atoms with van der Waals surface area (Å²) in [6.07, 6.45) is 0.887. The van der Waals surface area contributed by atoms with Crippen LogP contribution in [0.5, 0.6) is 0 Å². The average molecular weight is 216 g/mol. The van der Waals surface area contributed by atoms with Crippen molar-refractivity contribution in [2.45, 2.75) is 19.3 Å². The summed E-state index contributed by atoms with van der Waals surface area (Å²) in [4.78, 5) is 14.8. The highest BCUT2D eigenvalue weighted by molar-refractivity contribution is 5.78. The molecule has 0 radical (unpaired) electrons. The third-order valence-corrected chi connectivity index (χ3v) is 3.00. The molecule has 2 rings (SSSR count). The number of benzene rings is 1. The van der Waals surface area contributed by atoms with Crippen molar-refractivity contribution >= 4 is 10.9 Å². The maximum atomic E-state index is 11.9. The SMILES string of the molecule is CCC(CN)c1cc2ccccc2[nH]c1=O. The normalized spacial score (nSPS) is 12.9. The van der Waals surface area contributed by atoms with E-state index in [2.05, 4.69) is 4.98 Å². The summed E-state index contributed by atoms with van der Waals surface area (Å²) in [5.74, 6) is 0.147. The van der Waals surface area contributed by atoms with Crippen LogP contribution in [0.1, 0.15) is 24.8 Å². The van der Waals surface area contributed by atoms with Crippen LogP contribution < -0.4 is 11.3 Å². The largest absolute Gasteiger partial charge is 0.330 e. The molecule has 1 unspecified atom stereocenters. The van der Waals surface area contributed by atoms with Gasteiger partial charge in [0.1, 0.15) is 0 Å². The van der Waals surface area contributed by atoms with Crippen LogP contribution in [0.3, 0.4) is 0 Å². The third kappa shape index (κ3) is 1.86. The van der Waals surface area contributed by atoms with Crippen LogP contribution >= 0.6 is 0 Å². The van der Waals surface area contributed by atoms with Gasteiger partial charge in [-0.15, -0.1) is 0 Å². The van der Waals surface area contributed by atoms with Crippen LogP contribution in [0, 0.1) is 0 Å². The molecule has 0 saturated heterocycles. The van der Waals surface area contributed by atoms with E-state index in [1.807, 2.05) is 37.3 Å². The number of rotatable bonds is 3. The van der Waals surface area contributed by atoms with Gasteiger partial charge in [-0.05, 0) is 30.5 Å². The van der Waals surface area contributed by atoms with Gasteiger partial charge in [-0.2, -0.15) is 0 Å². The van der Waals surface area contributed by atoms with E-state index in [1.54, 1.807) is 0 Å². The molecule has 0 aliphatic heterocycles. The van der Waals surface area contributed by atoms with Crippen molar-refractivity contribution in [1.29, 1.82) is 0 Å². The zero-order valence-electron chi connectivity index (χ0n) is 9.36. The van der Waals surface area contributed by atoms with Gasteiger partial charge in [0.05, 0.1) is 0 Å². The van der Waals surface area contributed by atoms with E-state index in [0.717, 1.165) is 22.9 Å². The Hall–Kier alpha value is -1.61. The first kappa shape index (κ1) is 10.9. The van der Waals surface area contributed by atoms with Crippen LogP contribution in [0.4, 0.5) is 0 Å². The van der Waals surface area contributed by atoms with E-state index in [1.165, 1.54) is 0 Å². The average Bonchev–Trinajstić information content (AvgIpc) is 2.31. The highest BCUT2D eigenvalue weighted by Crippen LogP contribution is 2.18. The van der Waals surface area contributed by atoms with E-state index in [9.17, 15) is 4.79 Å². The molecule has 0 spiro atoms. The lowest BCUT2D eigenvalue weighted by Crippen LogP contribution is -2.21. The van der Waals surface area contributed by atoms with Crippen molar-refractivity contribution in [2.75, 3.05) is 6.54 Å². The first-order chi connectivity index (χ1) is 7.76. The molecule has 0 amide bonds. The van der Waals surface area contributed by atoms with E-state index < -0.39 is 0 Å². The minimum absolute atomic E-state index is 0.0176. The van der Waals surface area contributed by atoms with Gasteiger partial charge < -0.3 is 10.7 Å². The molecule has 0 aliphatic rings. The van der Waals surface area contributed by atoms with Crippen molar-refractivity contribution in [3.8, 4) is 0 Å². The zero-order valence-corrected chi connectivity index (χ0v) is 9.36. The first-order valence-corrected chi connectivity index (χ1v) is 5.58. The lowest BCUT2D eigenvalue weighted by atomic mass is 9.97. The molecule has 3 nitrogen and oxygen atoms in total. The number of hydrogen-bond acceptors (Lipinski definition) is 2. The van der Waals surface area contributed by atoms with Gasteiger partial charge in [0.15, 0.2) is 0 Å². The van der Waals surface area contributed by atoms with Gasteiger partial charge in [-0.1, -0.05) is 25.1 Å². The van der Waals surface area contributed by atoms with Gasteiger partial charge >= 0.3 is 0 Å². The van der Waals surface area contributed by atoms with Gasteiger partial charge in [0.25, 0.3) is 5.56 Å². The summed E-state index contributed by atoms with van der Waals surface area (Å²) in [6, 6.07) is 9.74. The van der Waals surface area contributed by atoms with Crippen LogP contribution in [0.2, 0.25) is 0 Å². The van der Waals surface area contributed by atoms with Crippen LogP contribution in [0.25, 0.3) is 10.9 Å². The second kappa shape index (κ2) is 4.49. The number of aromatic nitrogens is 1. The minimum atomic E-state index is -0.0176. The van der Waals surface area contributed by atoms with E-state index in [0.29, 0.717) is 6.54 Å². The van der Waals surface area contributed by atoms with Crippen molar-refractivity contribution < 1.29 is 0 Å². The highest BCUT2D eigenvalue weighted by Gasteiger charge is 2.12. The quantitative estimate of drug-likeness (QED) is 0.824. The molecule has 0 aliphatic carbocycles. The minimum Gasteiger partial charge on any atom is -0.330 e. The number of hydrogen-bond donors (Lipinski definition) is 2. The third-order valence-electron chi connectivity index (χ3n) is 3.00. The summed E-state index contributed by atoms with van der Waals surface area (Å²) in [7, 11) is 0. The number of para-hydroxylation sites is 1. The van der Waals surface area contributed by atoms with Gasteiger partial charge in [0, 0.05) is 17.0 Å². The Labute approximate surface area is 94.3 Å². The van der Waals surface area contributed by atoms with Crippen molar-refractivity contribution in [3.05, 3.63) is 46.2 Å². The molecule has 2 aromatic rings. The molecule has 16 heavy (non-hydrogen) atoms. The predicted octanol–water partition coefficient (Wildman–Crippen LogP) is 1.98. The lowest BCUT2D eigenvalue weighted by molar-refractivity contribution is 0.667. The number of nitrogens with two attached hydrogens (primary N) is 1. The fraction of sp³-hybridized carbons (Fsp3) is 0.308. The Balaban J connectivity index is 2.62. The van der Waals surface area contributed by atoms with Crippen LogP contribution in [-0.2, 0) is 0 Å². The zero-order chi connectivity index (χ0) is 11.5. The monoisotopic (exact) mass is 216 g/mol. The fourth-order valence-corrected chi connectivity index (χ4v) is 1.98. The van der Waals surface area contributed by atoms with Crippen molar-refractivity contribution in [3.63, 3.8) is 0 Å². The predicted molar refractivity (Wildman–Crippen MR) is 66.7 cm³/mol. The first-order valence-electron chi connectivity index (χ1n) is 5.58. The number of H-pyrrole nitrogens is 1. The summed E-state index contributed by atoms with van der Waals surface area (Å²) in [6.45, 7) is 2.56. The van der Waals surface area contributed by atoms with Gasteiger partial charge in [0.2, 0.25) is 0 Å². The molecule has 3 N–H and O–H groups in total. The van der Waals surface area contributed by atoms with Crippen LogP contribution in [0.15, 0.2) is 35.1 Å². The maximum Gasteiger partial charge on any atom is 0.251 e. The Bertz CT molecular complexity index is 541. The molecule has 1 aromatic carbocycles. The Kier molecular flexibility index (Phi) is 3.06. The summed E-state index contributed by atoms with van der Waals surface area (Å²) in [5, 5.41) is 1.06. The molecule has 1 aromatic heterocycles. The standard InChI is InChI=1S/C13H16N2O/c1-2-9(8-14)11-7-10-5-3-4-6-12(10)15-13(11)16/h3-7,9H,2,8,14H2,1H3,(H,15,16). The summed E-state index contributed by atoms with van der Waals surface area (Å²) >= 11 is 0. The van der Waals surface area contributed by atoms with E-state index in [4.69, 9.17) is 5.73 Å². The molecule has 84 valence electrons. The number of nitrogens with one attached hydrogen (secondary N) is 1. The van der Waals surface area contributed by atoms with E-state index in [-0.39, 0.29) is 11.5 Å². The maximum absolute atomic E-state index is 11.9. The van der Waals surface area contributed by atoms with Crippen molar-refractivity contribution in [1.82, 2.24) is 4.98 Å². The number of pyridine rings is 1. The fourth-order valence-electron chi connectivity index (χ4n) is 1.98. The van der Waals surface area contributed by atoms with Crippen LogP contribution in [-0.4, -0.2) is 11.5 Å². The molecule has 1 atom stereocenters. The lowest BCUT2D eigenvalue weighted by Gasteiger charge is -2.12. The second-order valence-corrected chi connectivity index (χ2v) is 3.98. The Morgan fingerprint density at radius 3 is 2.81 bits per heavy atom. The Morgan fingerprint density at radius 2 is 2.12 bits per heavy atom. The molecular weight excluding hydrogens is 200 g/mol. The summed E-state index contributed by atoms with van der Waals surface area (Å²) in [5.41, 5.74) is 7.33. The molecule has 1 heterocycles. The molecule has 3 heteroatoms. The van der Waals surface area contributed by atoms with E-state index >= 15 is 0 Å². The molecule has 0 fully saturated rings. The van der Waals surface area contributed by atoms with Gasteiger partial charge in [-0.3, -0.25) is 4.79 Å². The highest BCUT2D eigenvalue weighted by atomic mass is 16.1. The number of fused-ring (bicyclic) bond motifs is 1. The Morgan fingerprint density at radius 1 is 1.38 bits per heavy atom. The van der Waals surface area contributed by atoms with Crippen molar-refractivity contribution in [2.24, 2.45) is 5.73 Å². The molecule has 0 saturated carbocycles. The topological polar surface area (TPSA) is 58.9 Å².